The molecule has 1 aromatic heterocycles. The van der Waals surface area contributed by atoms with Gasteiger partial charge in [0.05, 0.1) is 6.10 Å². The second kappa shape index (κ2) is 9.39. The monoisotopic (exact) mass is 408 g/mol. The van der Waals surface area contributed by atoms with Crippen LogP contribution in [-0.2, 0) is 4.74 Å². The molecule has 2 amide bonds. The van der Waals surface area contributed by atoms with E-state index in [0.717, 1.165) is 6.42 Å². The minimum atomic E-state index is -0.380. The van der Waals surface area contributed by atoms with Crippen LogP contribution in [-0.4, -0.2) is 31.1 Å². The van der Waals surface area contributed by atoms with E-state index in [0.29, 0.717) is 29.1 Å². The minimum absolute atomic E-state index is 0.186. The summed E-state index contributed by atoms with van der Waals surface area (Å²) >= 11 is 3.15. The molecular formula is C18H21BrN2O4. The smallest absolute Gasteiger partial charge is 0.291 e. The Bertz CT molecular complexity index is 727. The van der Waals surface area contributed by atoms with E-state index in [2.05, 4.69) is 26.6 Å². The molecule has 25 heavy (non-hydrogen) atoms. The fraction of sp³-hybridized carbons (Fsp3) is 0.333. The van der Waals surface area contributed by atoms with Crippen molar-refractivity contribution >= 4 is 33.4 Å². The number of furan rings is 1. The average Bonchev–Trinajstić information content (AvgIpc) is 3.01. The van der Waals surface area contributed by atoms with Gasteiger partial charge in [0, 0.05) is 24.4 Å². The molecule has 134 valence electrons. The van der Waals surface area contributed by atoms with E-state index < -0.39 is 0 Å². The summed E-state index contributed by atoms with van der Waals surface area (Å²) in [5.74, 6) is -0.387. The van der Waals surface area contributed by atoms with Crippen molar-refractivity contribution in [1.29, 1.82) is 0 Å². The zero-order valence-corrected chi connectivity index (χ0v) is 15.8. The molecule has 0 bridgehead atoms. The summed E-state index contributed by atoms with van der Waals surface area (Å²) in [5, 5.41) is 5.53. The standard InChI is InChI=1S/C18H21BrN2O4/c1-12(2)24-10-4-9-20-17(22)13-5-3-6-14(11-13)21-18(23)15-7-8-16(19)25-15/h3,5-8,11-12H,4,9-10H2,1-2H3,(H,20,22)(H,21,23). The molecule has 7 heteroatoms. The molecule has 0 unspecified atom stereocenters. The third-order valence-electron chi connectivity index (χ3n) is 3.24. The first kappa shape index (κ1) is 19.2. The highest BCUT2D eigenvalue weighted by Gasteiger charge is 2.12. The number of carbonyl (C=O) groups is 2. The van der Waals surface area contributed by atoms with Crippen molar-refractivity contribution < 1.29 is 18.7 Å². The number of amides is 2. The first-order valence-electron chi connectivity index (χ1n) is 8.02. The molecule has 0 saturated heterocycles. The Balaban J connectivity index is 1.87. The van der Waals surface area contributed by atoms with E-state index in [9.17, 15) is 9.59 Å². The molecule has 0 fully saturated rings. The highest BCUT2D eigenvalue weighted by molar-refractivity contribution is 9.10. The maximum Gasteiger partial charge on any atom is 0.291 e. The van der Waals surface area contributed by atoms with Crippen LogP contribution in [0, 0.1) is 0 Å². The van der Waals surface area contributed by atoms with E-state index in [4.69, 9.17) is 9.15 Å². The van der Waals surface area contributed by atoms with E-state index >= 15 is 0 Å². The van der Waals surface area contributed by atoms with Gasteiger partial charge in [0.25, 0.3) is 11.8 Å². The van der Waals surface area contributed by atoms with Crippen LogP contribution in [0.15, 0.2) is 45.5 Å². The van der Waals surface area contributed by atoms with E-state index in [1.54, 1.807) is 36.4 Å². The molecule has 0 saturated carbocycles. The van der Waals surface area contributed by atoms with Gasteiger partial charge in [0.2, 0.25) is 0 Å². The Morgan fingerprint density at radius 1 is 1.20 bits per heavy atom. The average molecular weight is 409 g/mol. The molecular weight excluding hydrogens is 388 g/mol. The molecule has 0 aliphatic carbocycles. The highest BCUT2D eigenvalue weighted by Crippen LogP contribution is 2.17. The Kier molecular flexibility index (Phi) is 7.21. The molecule has 1 aromatic carbocycles. The second-order valence-electron chi connectivity index (χ2n) is 5.67. The van der Waals surface area contributed by atoms with Crippen LogP contribution in [0.2, 0.25) is 0 Å². The maximum absolute atomic E-state index is 12.2. The lowest BCUT2D eigenvalue weighted by atomic mass is 10.2. The molecule has 0 atom stereocenters. The minimum Gasteiger partial charge on any atom is -0.444 e. The largest absolute Gasteiger partial charge is 0.444 e. The predicted octanol–water partition coefficient (Wildman–Crippen LogP) is 3.84. The Labute approximate surface area is 155 Å². The summed E-state index contributed by atoms with van der Waals surface area (Å²) in [6.45, 7) is 5.08. The number of anilines is 1. The van der Waals surface area contributed by atoms with E-state index in [1.165, 1.54) is 0 Å². The van der Waals surface area contributed by atoms with Crippen LogP contribution in [0.5, 0.6) is 0 Å². The molecule has 6 nitrogen and oxygen atoms in total. The number of halogens is 1. The van der Waals surface area contributed by atoms with Gasteiger partial charge < -0.3 is 19.8 Å². The SMILES string of the molecule is CC(C)OCCCNC(=O)c1cccc(NC(=O)c2ccc(Br)o2)c1. The van der Waals surface area contributed by atoms with Gasteiger partial charge in [0.15, 0.2) is 10.4 Å². The lowest BCUT2D eigenvalue weighted by Crippen LogP contribution is -2.25. The summed E-state index contributed by atoms with van der Waals surface area (Å²) in [7, 11) is 0. The van der Waals surface area contributed by atoms with Crippen molar-refractivity contribution in [3.8, 4) is 0 Å². The number of ether oxygens (including phenoxy) is 1. The summed E-state index contributed by atoms with van der Waals surface area (Å²) in [6, 6.07) is 9.94. The van der Waals surface area contributed by atoms with Gasteiger partial charge in [-0.15, -0.1) is 0 Å². The molecule has 2 N–H and O–H groups in total. The number of hydrogen-bond donors (Lipinski definition) is 2. The molecule has 0 aliphatic heterocycles. The van der Waals surface area contributed by atoms with Gasteiger partial charge in [-0.2, -0.15) is 0 Å². The van der Waals surface area contributed by atoms with Crippen molar-refractivity contribution in [2.75, 3.05) is 18.5 Å². The number of nitrogens with one attached hydrogen (secondary N) is 2. The van der Waals surface area contributed by atoms with E-state index in [-0.39, 0.29) is 23.7 Å². The fourth-order valence-electron chi connectivity index (χ4n) is 2.06. The summed E-state index contributed by atoms with van der Waals surface area (Å²) in [4.78, 5) is 24.2. The van der Waals surface area contributed by atoms with Crippen molar-refractivity contribution in [2.45, 2.75) is 26.4 Å². The molecule has 0 radical (unpaired) electrons. The van der Waals surface area contributed by atoms with E-state index in [1.807, 2.05) is 13.8 Å². The Hall–Kier alpha value is -2.12. The number of hydrogen-bond acceptors (Lipinski definition) is 4. The first-order valence-corrected chi connectivity index (χ1v) is 8.81. The lowest BCUT2D eigenvalue weighted by molar-refractivity contribution is 0.0757. The normalized spacial score (nSPS) is 10.7. The zero-order chi connectivity index (χ0) is 18.2. The third-order valence-corrected chi connectivity index (χ3v) is 3.66. The zero-order valence-electron chi connectivity index (χ0n) is 14.2. The van der Waals surface area contributed by atoms with Gasteiger partial charge in [-0.05, 0) is 66.5 Å². The lowest BCUT2D eigenvalue weighted by Gasteiger charge is -2.09. The van der Waals surface area contributed by atoms with Crippen molar-refractivity contribution in [2.24, 2.45) is 0 Å². The van der Waals surface area contributed by atoms with Gasteiger partial charge in [-0.25, -0.2) is 0 Å². The Morgan fingerprint density at radius 2 is 2.00 bits per heavy atom. The highest BCUT2D eigenvalue weighted by atomic mass is 79.9. The van der Waals surface area contributed by atoms with Crippen LogP contribution in [0.25, 0.3) is 0 Å². The maximum atomic E-state index is 12.2. The van der Waals surface area contributed by atoms with Gasteiger partial charge in [0.1, 0.15) is 0 Å². The van der Waals surface area contributed by atoms with Crippen molar-refractivity contribution in [3.05, 3.63) is 52.4 Å². The molecule has 0 aliphatic rings. The van der Waals surface area contributed by atoms with Crippen LogP contribution in [0.3, 0.4) is 0 Å². The molecule has 1 heterocycles. The summed E-state index contributed by atoms with van der Waals surface area (Å²) in [6.07, 6.45) is 0.930. The molecule has 0 spiro atoms. The molecule has 2 aromatic rings. The summed E-state index contributed by atoms with van der Waals surface area (Å²) in [5.41, 5.74) is 0.997. The predicted molar refractivity (Wildman–Crippen MR) is 98.8 cm³/mol. The van der Waals surface area contributed by atoms with Gasteiger partial charge in [-0.1, -0.05) is 6.07 Å². The second-order valence-corrected chi connectivity index (χ2v) is 6.45. The van der Waals surface area contributed by atoms with Crippen LogP contribution >= 0.6 is 15.9 Å². The third kappa shape index (κ3) is 6.36. The van der Waals surface area contributed by atoms with Crippen LogP contribution in [0.1, 0.15) is 41.2 Å². The molecule has 2 rings (SSSR count). The quantitative estimate of drug-likeness (QED) is 0.650. The van der Waals surface area contributed by atoms with Crippen molar-refractivity contribution in [3.63, 3.8) is 0 Å². The van der Waals surface area contributed by atoms with Crippen LogP contribution in [0.4, 0.5) is 5.69 Å². The topological polar surface area (TPSA) is 80.6 Å². The first-order chi connectivity index (χ1) is 12.0. The number of rotatable bonds is 8. The van der Waals surface area contributed by atoms with Gasteiger partial charge in [-0.3, -0.25) is 9.59 Å². The fourth-order valence-corrected chi connectivity index (χ4v) is 2.37. The van der Waals surface area contributed by atoms with Crippen LogP contribution < -0.4 is 10.6 Å². The number of carbonyl (C=O) groups excluding carboxylic acids is 2. The van der Waals surface area contributed by atoms with Crippen molar-refractivity contribution in [1.82, 2.24) is 5.32 Å². The number of benzene rings is 1. The summed E-state index contributed by atoms with van der Waals surface area (Å²) < 4.78 is 11.1. The van der Waals surface area contributed by atoms with Gasteiger partial charge >= 0.3 is 0 Å². The Morgan fingerprint density at radius 3 is 2.68 bits per heavy atom.